The van der Waals surface area contributed by atoms with E-state index >= 15 is 0 Å². The highest BCUT2D eigenvalue weighted by Crippen LogP contribution is 2.42. The number of benzene rings is 1. The number of fused-ring (bicyclic) bond motifs is 1. The minimum absolute atomic E-state index is 0.162. The lowest BCUT2D eigenvalue weighted by molar-refractivity contribution is -0.149. The maximum atomic E-state index is 12.5. The fourth-order valence-electron chi connectivity index (χ4n) is 3.35. The Balaban J connectivity index is 2.55. The van der Waals surface area contributed by atoms with E-state index in [4.69, 9.17) is 14.2 Å². The van der Waals surface area contributed by atoms with Crippen molar-refractivity contribution in [3.63, 3.8) is 0 Å². The molecular formula is C22H28O6. The van der Waals surface area contributed by atoms with Gasteiger partial charge in [0.1, 0.15) is 17.6 Å². The smallest absolute Gasteiger partial charge is 0.306 e. The highest BCUT2D eigenvalue weighted by Gasteiger charge is 2.32. The molecule has 152 valence electrons. The number of hydrogen-bond acceptors (Lipinski definition) is 6. The SMILES string of the molecule is CCCCCCC(OC(=O)CC)c1cc(OC)c2c(c1OC)C(=O)C=CC2=O. The molecule has 1 atom stereocenters. The monoisotopic (exact) mass is 388 g/mol. The van der Waals surface area contributed by atoms with Gasteiger partial charge in [0.05, 0.1) is 25.3 Å². The molecule has 0 amide bonds. The van der Waals surface area contributed by atoms with Crippen LogP contribution in [-0.2, 0) is 9.53 Å². The van der Waals surface area contributed by atoms with Gasteiger partial charge in [0, 0.05) is 12.0 Å². The van der Waals surface area contributed by atoms with E-state index in [1.165, 1.54) is 26.4 Å². The van der Waals surface area contributed by atoms with Gasteiger partial charge in [-0.25, -0.2) is 0 Å². The number of esters is 1. The average molecular weight is 388 g/mol. The molecule has 0 spiro atoms. The molecule has 0 fully saturated rings. The first-order chi connectivity index (χ1) is 13.5. The number of methoxy groups -OCH3 is 2. The summed E-state index contributed by atoms with van der Waals surface area (Å²) in [6.45, 7) is 3.86. The number of unbranched alkanes of at least 4 members (excludes halogenated alkanes) is 3. The predicted octanol–water partition coefficient (Wildman–Crippen LogP) is 4.60. The first-order valence-corrected chi connectivity index (χ1v) is 9.73. The van der Waals surface area contributed by atoms with Crippen LogP contribution in [0, 0.1) is 0 Å². The standard InChI is InChI=1S/C22H28O6/c1-5-7-8-9-10-17(28-19(25)6-2)14-13-18(26-3)20-15(23)11-12-16(24)21(20)22(14)27-4/h11-13,17H,5-10H2,1-4H3. The molecule has 1 aromatic carbocycles. The van der Waals surface area contributed by atoms with Crippen molar-refractivity contribution in [2.45, 2.75) is 58.5 Å². The quantitative estimate of drug-likeness (QED) is 0.430. The van der Waals surface area contributed by atoms with Gasteiger partial charge in [-0.2, -0.15) is 0 Å². The van der Waals surface area contributed by atoms with Crippen molar-refractivity contribution in [2.75, 3.05) is 14.2 Å². The maximum Gasteiger partial charge on any atom is 0.306 e. The summed E-state index contributed by atoms with van der Waals surface area (Å²) in [7, 11) is 2.88. The van der Waals surface area contributed by atoms with Crippen LogP contribution >= 0.6 is 0 Å². The Morgan fingerprint density at radius 3 is 2.21 bits per heavy atom. The van der Waals surface area contributed by atoms with Crippen molar-refractivity contribution >= 4 is 17.5 Å². The molecule has 0 bridgehead atoms. The summed E-state index contributed by atoms with van der Waals surface area (Å²) >= 11 is 0. The minimum atomic E-state index is -0.577. The highest BCUT2D eigenvalue weighted by molar-refractivity contribution is 6.24. The molecule has 0 aliphatic heterocycles. The van der Waals surface area contributed by atoms with E-state index in [1.807, 2.05) is 0 Å². The Labute approximate surface area is 165 Å². The summed E-state index contributed by atoms with van der Waals surface area (Å²) in [5.41, 5.74) is 0.894. The van der Waals surface area contributed by atoms with Crippen molar-refractivity contribution in [1.82, 2.24) is 0 Å². The Bertz CT molecular complexity index is 778. The molecule has 0 aromatic heterocycles. The summed E-state index contributed by atoms with van der Waals surface area (Å²) in [5.74, 6) is -0.441. The van der Waals surface area contributed by atoms with Gasteiger partial charge >= 0.3 is 5.97 Å². The van der Waals surface area contributed by atoms with Gasteiger partial charge in [-0.3, -0.25) is 14.4 Å². The van der Waals surface area contributed by atoms with Gasteiger partial charge in [0.2, 0.25) is 0 Å². The van der Waals surface area contributed by atoms with Gasteiger partial charge in [-0.15, -0.1) is 0 Å². The number of ketones is 2. The lowest BCUT2D eigenvalue weighted by Gasteiger charge is -2.25. The fourth-order valence-corrected chi connectivity index (χ4v) is 3.35. The van der Waals surface area contributed by atoms with Crippen LogP contribution in [-0.4, -0.2) is 31.8 Å². The fraction of sp³-hybridized carbons (Fsp3) is 0.500. The van der Waals surface area contributed by atoms with Crippen molar-refractivity contribution < 1.29 is 28.6 Å². The maximum absolute atomic E-state index is 12.5. The van der Waals surface area contributed by atoms with E-state index in [2.05, 4.69) is 6.92 Å². The van der Waals surface area contributed by atoms with Gasteiger partial charge in [0.15, 0.2) is 11.6 Å². The number of hydrogen-bond donors (Lipinski definition) is 0. The number of allylic oxidation sites excluding steroid dienone is 2. The molecule has 2 rings (SSSR count). The Kier molecular flexibility index (Phi) is 7.79. The molecule has 1 aromatic rings. The summed E-state index contributed by atoms with van der Waals surface area (Å²) in [6.07, 6.45) is 6.79. The summed E-state index contributed by atoms with van der Waals surface area (Å²) < 4.78 is 16.6. The Morgan fingerprint density at radius 2 is 1.64 bits per heavy atom. The second-order valence-corrected chi connectivity index (χ2v) is 6.69. The van der Waals surface area contributed by atoms with Crippen LogP contribution in [0.4, 0.5) is 0 Å². The van der Waals surface area contributed by atoms with E-state index < -0.39 is 6.10 Å². The van der Waals surface area contributed by atoms with Crippen LogP contribution in [0.3, 0.4) is 0 Å². The number of rotatable bonds is 10. The molecule has 0 heterocycles. The van der Waals surface area contributed by atoms with Crippen molar-refractivity contribution in [3.8, 4) is 11.5 Å². The lowest BCUT2D eigenvalue weighted by atomic mass is 9.88. The normalized spacial score (nSPS) is 13.9. The first kappa shape index (κ1) is 21.7. The lowest BCUT2D eigenvalue weighted by Crippen LogP contribution is -2.19. The van der Waals surface area contributed by atoms with E-state index in [9.17, 15) is 14.4 Å². The molecule has 0 saturated heterocycles. The molecule has 6 nitrogen and oxygen atoms in total. The summed E-state index contributed by atoms with van der Waals surface area (Å²) in [5, 5.41) is 0. The summed E-state index contributed by atoms with van der Waals surface area (Å²) in [4.78, 5) is 36.9. The van der Waals surface area contributed by atoms with E-state index in [0.717, 1.165) is 25.7 Å². The second kappa shape index (κ2) is 10.1. The molecule has 1 unspecified atom stereocenters. The van der Waals surface area contributed by atoms with Crippen LogP contribution in [0.25, 0.3) is 0 Å². The van der Waals surface area contributed by atoms with E-state index in [1.54, 1.807) is 13.0 Å². The van der Waals surface area contributed by atoms with Crippen LogP contribution in [0.2, 0.25) is 0 Å². The van der Waals surface area contributed by atoms with Crippen LogP contribution in [0.1, 0.15) is 84.8 Å². The third kappa shape index (κ3) is 4.61. The van der Waals surface area contributed by atoms with Gasteiger partial charge in [-0.1, -0.05) is 33.1 Å². The predicted molar refractivity (Wildman–Crippen MR) is 105 cm³/mol. The van der Waals surface area contributed by atoms with E-state index in [-0.39, 0.29) is 46.6 Å². The zero-order valence-electron chi connectivity index (χ0n) is 17.0. The third-order valence-electron chi connectivity index (χ3n) is 4.80. The first-order valence-electron chi connectivity index (χ1n) is 9.73. The summed E-state index contributed by atoms with van der Waals surface area (Å²) in [6, 6.07) is 1.65. The van der Waals surface area contributed by atoms with Crippen LogP contribution in [0.5, 0.6) is 11.5 Å². The largest absolute Gasteiger partial charge is 0.496 e. The molecule has 28 heavy (non-hydrogen) atoms. The molecular weight excluding hydrogens is 360 g/mol. The van der Waals surface area contributed by atoms with Crippen molar-refractivity contribution in [1.29, 1.82) is 0 Å². The molecule has 0 saturated carbocycles. The molecule has 0 radical (unpaired) electrons. The molecule has 1 aliphatic rings. The molecule has 0 N–H and O–H groups in total. The van der Waals surface area contributed by atoms with Gasteiger partial charge in [0.25, 0.3) is 0 Å². The number of ether oxygens (including phenoxy) is 3. The highest BCUT2D eigenvalue weighted by atomic mass is 16.5. The van der Waals surface area contributed by atoms with Gasteiger partial charge in [-0.05, 0) is 31.1 Å². The Hall–Kier alpha value is -2.63. The topological polar surface area (TPSA) is 78.9 Å². The van der Waals surface area contributed by atoms with Crippen LogP contribution < -0.4 is 9.47 Å². The van der Waals surface area contributed by atoms with E-state index in [0.29, 0.717) is 12.0 Å². The van der Waals surface area contributed by atoms with Crippen molar-refractivity contribution in [3.05, 3.63) is 34.9 Å². The van der Waals surface area contributed by atoms with Crippen molar-refractivity contribution in [2.24, 2.45) is 0 Å². The number of carbonyl (C=O) groups excluding carboxylic acids is 3. The molecule has 6 heteroatoms. The molecule has 1 aliphatic carbocycles. The zero-order chi connectivity index (χ0) is 20.7. The second-order valence-electron chi connectivity index (χ2n) is 6.69. The minimum Gasteiger partial charge on any atom is -0.496 e. The van der Waals surface area contributed by atoms with Gasteiger partial charge < -0.3 is 14.2 Å². The number of carbonyl (C=O) groups is 3. The Morgan fingerprint density at radius 1 is 0.964 bits per heavy atom. The van der Waals surface area contributed by atoms with Crippen LogP contribution in [0.15, 0.2) is 18.2 Å². The zero-order valence-corrected chi connectivity index (χ0v) is 17.0. The average Bonchev–Trinajstić information content (AvgIpc) is 2.71. The third-order valence-corrected chi connectivity index (χ3v) is 4.80.